The van der Waals surface area contributed by atoms with Crippen molar-refractivity contribution in [3.8, 4) is 0 Å². The Bertz CT molecular complexity index is 338. The minimum absolute atomic E-state index is 0.107. The molecule has 2 rings (SSSR count). The van der Waals surface area contributed by atoms with Gasteiger partial charge >= 0.3 is 0 Å². The Labute approximate surface area is 84.4 Å². The Balaban J connectivity index is 2.41. The van der Waals surface area contributed by atoms with Gasteiger partial charge in [0.15, 0.2) is 0 Å². The van der Waals surface area contributed by atoms with Crippen LogP contribution in [0, 0.1) is 0 Å². The summed E-state index contributed by atoms with van der Waals surface area (Å²) in [4.78, 5) is 2.24. The topological polar surface area (TPSA) is 35.5 Å². The van der Waals surface area contributed by atoms with Crippen molar-refractivity contribution in [3.63, 3.8) is 0 Å². The van der Waals surface area contributed by atoms with Crippen molar-refractivity contribution in [1.29, 1.82) is 0 Å². The molecule has 0 fully saturated rings. The van der Waals surface area contributed by atoms with E-state index in [0.717, 1.165) is 17.8 Å². The van der Waals surface area contributed by atoms with E-state index in [-0.39, 0.29) is 6.61 Å². The molecule has 0 amide bonds. The summed E-state index contributed by atoms with van der Waals surface area (Å²) < 4.78 is 0. The van der Waals surface area contributed by atoms with Crippen LogP contribution in [0.15, 0.2) is 18.2 Å². The van der Waals surface area contributed by atoms with E-state index < -0.39 is 0 Å². The van der Waals surface area contributed by atoms with Gasteiger partial charge in [-0.05, 0) is 24.6 Å². The standard InChI is InChI=1S/C11H16N2O/c1-8-6-12-10-4-3-9(7-14)5-11(10)13(8)2/h3-5,8,12,14H,6-7H2,1-2H3. The fourth-order valence-corrected chi connectivity index (χ4v) is 1.75. The van der Waals surface area contributed by atoms with Crippen LogP contribution >= 0.6 is 0 Å². The Hall–Kier alpha value is -1.22. The molecule has 0 saturated carbocycles. The molecule has 1 aromatic rings. The zero-order valence-electron chi connectivity index (χ0n) is 8.62. The molecule has 76 valence electrons. The maximum atomic E-state index is 9.05. The van der Waals surface area contributed by atoms with Crippen LogP contribution < -0.4 is 10.2 Å². The molecule has 1 aliphatic rings. The van der Waals surface area contributed by atoms with Gasteiger partial charge in [-0.25, -0.2) is 0 Å². The van der Waals surface area contributed by atoms with Crippen molar-refractivity contribution in [2.75, 3.05) is 23.8 Å². The summed E-state index contributed by atoms with van der Waals surface area (Å²) in [5.41, 5.74) is 3.30. The van der Waals surface area contributed by atoms with Crippen molar-refractivity contribution in [2.45, 2.75) is 19.6 Å². The SMILES string of the molecule is CC1CNc2ccc(CO)cc2N1C. The second kappa shape index (κ2) is 3.50. The van der Waals surface area contributed by atoms with Gasteiger partial charge in [-0.15, -0.1) is 0 Å². The third kappa shape index (κ3) is 1.44. The van der Waals surface area contributed by atoms with Crippen molar-refractivity contribution < 1.29 is 5.11 Å². The smallest absolute Gasteiger partial charge is 0.0682 e. The number of likely N-dealkylation sites (N-methyl/N-ethyl adjacent to an activating group) is 1. The van der Waals surface area contributed by atoms with Gasteiger partial charge in [-0.2, -0.15) is 0 Å². The largest absolute Gasteiger partial charge is 0.392 e. The van der Waals surface area contributed by atoms with Crippen molar-refractivity contribution in [2.24, 2.45) is 0 Å². The zero-order chi connectivity index (χ0) is 10.1. The second-order valence-corrected chi connectivity index (χ2v) is 3.85. The third-order valence-electron chi connectivity index (χ3n) is 2.87. The number of nitrogens with one attached hydrogen (secondary N) is 1. The molecule has 1 aliphatic heterocycles. The van der Waals surface area contributed by atoms with Gasteiger partial charge in [0.25, 0.3) is 0 Å². The molecule has 3 nitrogen and oxygen atoms in total. The molecule has 1 unspecified atom stereocenters. The minimum Gasteiger partial charge on any atom is -0.392 e. The lowest BCUT2D eigenvalue weighted by molar-refractivity contribution is 0.282. The molecule has 1 heterocycles. The number of hydrogen-bond donors (Lipinski definition) is 2. The van der Waals surface area contributed by atoms with Crippen LogP contribution in [-0.2, 0) is 6.61 Å². The monoisotopic (exact) mass is 192 g/mol. The maximum absolute atomic E-state index is 9.05. The average Bonchev–Trinajstić information content (AvgIpc) is 2.23. The normalized spacial score (nSPS) is 20.2. The minimum atomic E-state index is 0.107. The molecule has 0 aliphatic carbocycles. The van der Waals surface area contributed by atoms with E-state index in [9.17, 15) is 0 Å². The first-order valence-electron chi connectivity index (χ1n) is 4.93. The molecule has 1 aromatic carbocycles. The summed E-state index contributed by atoms with van der Waals surface area (Å²) in [6, 6.07) is 6.52. The molecule has 2 N–H and O–H groups in total. The number of hydrogen-bond acceptors (Lipinski definition) is 3. The second-order valence-electron chi connectivity index (χ2n) is 3.85. The summed E-state index contributed by atoms with van der Waals surface area (Å²) in [6.45, 7) is 3.26. The lowest BCUT2D eigenvalue weighted by atomic mass is 10.1. The number of anilines is 2. The van der Waals surface area contributed by atoms with Crippen LogP contribution in [0.2, 0.25) is 0 Å². The lowest BCUT2D eigenvalue weighted by Gasteiger charge is -2.34. The Morgan fingerprint density at radius 1 is 1.57 bits per heavy atom. The van der Waals surface area contributed by atoms with E-state index in [2.05, 4.69) is 24.2 Å². The number of rotatable bonds is 1. The molecular weight excluding hydrogens is 176 g/mol. The Morgan fingerprint density at radius 3 is 3.07 bits per heavy atom. The predicted molar refractivity (Wildman–Crippen MR) is 58.7 cm³/mol. The summed E-state index contributed by atoms with van der Waals surface area (Å²) in [5.74, 6) is 0. The van der Waals surface area contributed by atoms with Crippen LogP contribution in [0.1, 0.15) is 12.5 Å². The third-order valence-corrected chi connectivity index (χ3v) is 2.87. The number of benzene rings is 1. The zero-order valence-corrected chi connectivity index (χ0v) is 8.62. The molecule has 0 radical (unpaired) electrons. The number of fused-ring (bicyclic) bond motifs is 1. The molecule has 14 heavy (non-hydrogen) atoms. The number of aliphatic hydroxyl groups excluding tert-OH is 1. The molecular formula is C11H16N2O. The summed E-state index contributed by atoms with van der Waals surface area (Å²) in [7, 11) is 2.09. The molecule has 3 heteroatoms. The molecule has 0 saturated heterocycles. The molecule has 0 aromatic heterocycles. The molecule has 1 atom stereocenters. The quantitative estimate of drug-likeness (QED) is 0.706. The fourth-order valence-electron chi connectivity index (χ4n) is 1.75. The van der Waals surface area contributed by atoms with E-state index in [0.29, 0.717) is 6.04 Å². The van der Waals surface area contributed by atoms with Gasteiger partial charge in [0, 0.05) is 19.6 Å². The summed E-state index contributed by atoms with van der Waals surface area (Å²) >= 11 is 0. The van der Waals surface area contributed by atoms with Crippen molar-refractivity contribution in [3.05, 3.63) is 23.8 Å². The Kier molecular flexibility index (Phi) is 2.33. The van der Waals surface area contributed by atoms with E-state index in [1.807, 2.05) is 18.2 Å². The highest BCUT2D eigenvalue weighted by Gasteiger charge is 2.19. The van der Waals surface area contributed by atoms with Crippen LogP contribution in [0.25, 0.3) is 0 Å². The van der Waals surface area contributed by atoms with Gasteiger partial charge < -0.3 is 15.3 Å². The van der Waals surface area contributed by atoms with Crippen LogP contribution in [0.5, 0.6) is 0 Å². The number of aliphatic hydroxyl groups is 1. The van der Waals surface area contributed by atoms with E-state index >= 15 is 0 Å². The van der Waals surface area contributed by atoms with Crippen LogP contribution in [0.3, 0.4) is 0 Å². The highest BCUT2D eigenvalue weighted by Crippen LogP contribution is 2.31. The maximum Gasteiger partial charge on any atom is 0.0682 e. The summed E-state index contributed by atoms with van der Waals surface area (Å²) in [6.07, 6.45) is 0. The van der Waals surface area contributed by atoms with Gasteiger partial charge in [0.05, 0.1) is 18.0 Å². The Morgan fingerprint density at radius 2 is 2.36 bits per heavy atom. The average molecular weight is 192 g/mol. The first-order valence-corrected chi connectivity index (χ1v) is 4.93. The van der Waals surface area contributed by atoms with Gasteiger partial charge in [-0.1, -0.05) is 6.07 Å². The van der Waals surface area contributed by atoms with E-state index in [4.69, 9.17) is 5.11 Å². The van der Waals surface area contributed by atoms with Crippen molar-refractivity contribution >= 4 is 11.4 Å². The predicted octanol–water partition coefficient (Wildman–Crippen LogP) is 1.43. The van der Waals surface area contributed by atoms with Crippen molar-refractivity contribution in [1.82, 2.24) is 0 Å². The number of nitrogens with zero attached hydrogens (tertiary/aromatic N) is 1. The summed E-state index contributed by atoms with van der Waals surface area (Å²) in [5, 5.41) is 12.4. The van der Waals surface area contributed by atoms with Gasteiger partial charge in [0.2, 0.25) is 0 Å². The highest BCUT2D eigenvalue weighted by atomic mass is 16.3. The first-order chi connectivity index (χ1) is 6.72. The molecule has 0 bridgehead atoms. The van der Waals surface area contributed by atoms with Crippen LogP contribution in [0.4, 0.5) is 11.4 Å². The van der Waals surface area contributed by atoms with Crippen LogP contribution in [-0.4, -0.2) is 24.7 Å². The fraction of sp³-hybridized carbons (Fsp3) is 0.455. The van der Waals surface area contributed by atoms with E-state index in [1.165, 1.54) is 5.69 Å². The lowest BCUT2D eigenvalue weighted by Crippen LogP contribution is -2.39. The first kappa shape index (κ1) is 9.34. The molecule has 0 spiro atoms. The van der Waals surface area contributed by atoms with Gasteiger partial charge in [-0.3, -0.25) is 0 Å². The van der Waals surface area contributed by atoms with E-state index in [1.54, 1.807) is 0 Å². The van der Waals surface area contributed by atoms with Gasteiger partial charge in [0.1, 0.15) is 0 Å². The highest BCUT2D eigenvalue weighted by molar-refractivity contribution is 5.73.